The van der Waals surface area contributed by atoms with Gasteiger partial charge in [-0.05, 0) is 116 Å². The molecule has 0 aliphatic carbocycles. The number of benzene rings is 8. The van der Waals surface area contributed by atoms with E-state index in [0.717, 1.165) is 39.5 Å². The summed E-state index contributed by atoms with van der Waals surface area (Å²) in [6.45, 7) is 4.03. The topological polar surface area (TPSA) is 304 Å². The van der Waals surface area contributed by atoms with Crippen LogP contribution in [0.1, 0.15) is 33.5 Å². The van der Waals surface area contributed by atoms with Crippen LogP contribution in [0.3, 0.4) is 0 Å². The summed E-state index contributed by atoms with van der Waals surface area (Å²) in [5.41, 5.74) is 5.31. The summed E-state index contributed by atoms with van der Waals surface area (Å²) in [6.07, 6.45) is 10.3. The van der Waals surface area contributed by atoms with E-state index in [0.29, 0.717) is 0 Å². The molecule has 0 fully saturated rings. The fourth-order valence-corrected chi connectivity index (χ4v) is 8.96. The SMILES string of the molecule is C[OH2+].C[OH2+].Cc1cc[c-]c(-c2nccc3c2ccc2ccccc23)c1.Cc1cccc(-c2nccc3c2ccc2ccccc23)c1.O=C(O)c1ccccn1.O=C(O)c1ccccn1.O=CO[O-].O=S(=O)([O-])C(F)(F)F.[H-].[Ir-3].[Ir-3].[Na+].[Na+].[c-]1ccccc1-c1ccccn1.[c-]1ccccc1-c1ccccn1. The van der Waals surface area contributed by atoms with Gasteiger partial charge in [-0.25, -0.2) is 28.0 Å². The maximum absolute atomic E-state index is 10.7. The molecule has 6 aromatic heterocycles. The average Bonchev–Trinajstić information content (AvgIpc) is 0.779. The van der Waals surface area contributed by atoms with E-state index in [1.165, 1.54) is 98.5 Å². The van der Waals surface area contributed by atoms with Gasteiger partial charge in [0.25, 0.3) is 6.47 Å². The first kappa shape index (κ1) is 93.0. The van der Waals surface area contributed by atoms with Crippen molar-refractivity contribution in [2.24, 2.45) is 0 Å². The Morgan fingerprint density at radius 2 is 0.837 bits per heavy atom. The number of carbonyl (C=O) groups excluding carboxylic acids is 1. The minimum Gasteiger partial charge on any atom is -3.00 e. The summed E-state index contributed by atoms with van der Waals surface area (Å²) in [6, 6.07) is 91.0. The number of hydrogen-bond donors (Lipinski definition) is 2. The van der Waals surface area contributed by atoms with Crippen LogP contribution >= 0.6 is 0 Å². The zero-order valence-electron chi connectivity index (χ0n) is 57.8. The molecule has 0 spiro atoms. The van der Waals surface area contributed by atoms with Gasteiger partial charge in [0.1, 0.15) is 25.6 Å². The maximum atomic E-state index is 10.7. The Kier molecular flexibility index (Phi) is 45.1. The van der Waals surface area contributed by atoms with Crippen LogP contribution < -0.4 is 64.4 Å². The molecule has 18 nitrogen and oxygen atoms in total. The molecule has 26 heteroatoms. The molecule has 0 radical (unpaired) electrons. The Labute approximate surface area is 672 Å². The Balaban J connectivity index is 0.00000121. The van der Waals surface area contributed by atoms with Crippen LogP contribution in [0, 0.1) is 32.0 Å². The second-order valence-electron chi connectivity index (χ2n) is 19.8. The second-order valence-corrected chi connectivity index (χ2v) is 21.2. The first-order valence-corrected chi connectivity index (χ1v) is 31.2. The number of rotatable bonds is 7. The van der Waals surface area contributed by atoms with Crippen molar-refractivity contribution in [1.29, 1.82) is 0 Å². The smallest absolute Gasteiger partial charge is 1.00 e. The zero-order chi connectivity index (χ0) is 72.7. The quantitative estimate of drug-likeness (QED) is 0.0174. The van der Waals surface area contributed by atoms with Crippen LogP contribution in [-0.2, 0) is 60.0 Å². The van der Waals surface area contributed by atoms with Crippen LogP contribution in [0.4, 0.5) is 13.2 Å². The van der Waals surface area contributed by atoms with Crippen LogP contribution in [0.5, 0.6) is 0 Å². The number of alkyl halides is 3. The zero-order valence-corrected chi connectivity index (χ0v) is 66.4. The van der Waals surface area contributed by atoms with Crippen LogP contribution in [0.15, 0.2) is 286 Å². The molecule has 0 amide bonds. The van der Waals surface area contributed by atoms with Gasteiger partial charge in [0.2, 0.25) is 0 Å². The summed E-state index contributed by atoms with van der Waals surface area (Å²) >= 11 is 0. The molecular weight excluding hydrogens is 1730 g/mol. The van der Waals surface area contributed by atoms with Crippen molar-refractivity contribution in [3.63, 3.8) is 0 Å². The van der Waals surface area contributed by atoms with E-state index < -0.39 is 27.6 Å². The Bertz CT molecular complexity index is 4570. The number of aromatic nitrogens is 6. The Hall–Kier alpha value is -9.01. The number of nitrogens with zero attached hydrogens (tertiary/aromatic N) is 6. The number of aryl methyl sites for hydroxylation is 2. The normalized spacial score (nSPS) is 9.64. The minimum atomic E-state index is -6.09. The number of carboxylic acid groups (broad SMARTS) is 2. The number of pyridine rings is 6. The van der Waals surface area contributed by atoms with Gasteiger partial charge in [0.05, 0.1) is 5.69 Å². The van der Waals surface area contributed by atoms with Gasteiger partial charge in [0.15, 0.2) is 10.1 Å². The largest absolute Gasteiger partial charge is 3.00 e. The third-order valence-corrected chi connectivity index (χ3v) is 13.8. The summed E-state index contributed by atoms with van der Waals surface area (Å²) in [7, 11) is -3.59. The Morgan fingerprint density at radius 1 is 0.452 bits per heavy atom. The second kappa shape index (κ2) is 50.4. The molecule has 0 aliphatic heterocycles. The molecule has 0 atom stereocenters. The van der Waals surface area contributed by atoms with Gasteiger partial charge in [-0.3, -0.25) is 9.78 Å². The van der Waals surface area contributed by atoms with E-state index >= 15 is 0 Å². The number of carboxylic acids is 2. The molecule has 6 heterocycles. The summed E-state index contributed by atoms with van der Waals surface area (Å²) in [4.78, 5) is 56.3. The van der Waals surface area contributed by atoms with E-state index in [-0.39, 0.29) is 119 Å². The molecule has 14 aromatic rings. The molecule has 536 valence electrons. The molecule has 0 unspecified atom stereocenters. The monoisotopic (exact) mass is 1800 g/mol. The van der Waals surface area contributed by atoms with Crippen molar-refractivity contribution in [3.8, 4) is 45.0 Å². The molecule has 104 heavy (non-hydrogen) atoms. The first-order chi connectivity index (χ1) is 48.4. The van der Waals surface area contributed by atoms with E-state index in [4.69, 9.17) is 43.4 Å². The summed E-state index contributed by atoms with van der Waals surface area (Å²) < 4.78 is 58.9. The van der Waals surface area contributed by atoms with Gasteiger partial charge in [-0.15, -0.1) is 107 Å². The number of hydrogen-bond acceptors (Lipinski definition) is 14. The van der Waals surface area contributed by atoms with Gasteiger partial charge in [0, 0.05) is 48.1 Å². The Morgan fingerprint density at radius 3 is 1.19 bits per heavy atom. The van der Waals surface area contributed by atoms with Gasteiger partial charge < -0.3 is 91.7 Å². The van der Waals surface area contributed by atoms with Crippen molar-refractivity contribution >= 4 is 71.6 Å². The molecule has 0 bridgehead atoms. The molecular formula is C78H67F3Ir2N6Na2O12S-8. The standard InChI is InChI=1S/C20H15N.C20H14N.2C11H8N.2C6H5NO2.CHF3O3S.CH2O3.2CH4O.2Ir.2Na.H/c2*1-14-5-4-7-16(13-14)20-19-10-9-15-6-2-3-8-17(15)18(19)11-12-21-20;2*1-2-6-10(7-3-1)11-8-4-5-9-12-11;2*8-6(9)5-3-1-2-4-7-5;2-1(3,4)8(5,6)7;2-1-4-3;2*1-2;;;;;/h2-13H,1H3;2-6,8-13H,1H3;2*1-6,8-9H;2*1-4H,(H,8,9);(H,5,6,7);1,3H;2*2H,1H3;;;;;/q;3*-1;;;;;;;2*-3;2*+1;-1. The van der Waals surface area contributed by atoms with Crippen molar-refractivity contribution in [1.82, 2.24) is 29.9 Å². The van der Waals surface area contributed by atoms with Crippen molar-refractivity contribution in [2.45, 2.75) is 19.4 Å². The van der Waals surface area contributed by atoms with Crippen LogP contribution in [0.25, 0.3) is 88.1 Å². The first-order valence-electron chi connectivity index (χ1n) is 29.7. The average molecular weight is 1800 g/mol. The van der Waals surface area contributed by atoms with Crippen LogP contribution in [-0.4, -0.2) is 101 Å². The van der Waals surface area contributed by atoms with Gasteiger partial charge >= 0.3 is 76.6 Å². The number of halogens is 3. The maximum Gasteiger partial charge on any atom is 1.00 e. The van der Waals surface area contributed by atoms with Crippen LogP contribution in [0.2, 0.25) is 0 Å². The van der Waals surface area contributed by atoms with Crippen molar-refractivity contribution in [2.75, 3.05) is 14.2 Å². The molecule has 6 N–H and O–H groups in total. The molecule has 14 rings (SSSR count). The number of aromatic carboxylic acids is 2. The summed E-state index contributed by atoms with van der Waals surface area (Å²) in [5.74, 6) is -1.98. The van der Waals surface area contributed by atoms with E-state index in [9.17, 15) is 22.8 Å². The third-order valence-electron chi connectivity index (χ3n) is 13.2. The molecule has 8 aromatic carbocycles. The van der Waals surface area contributed by atoms with Gasteiger partial charge in [-0.1, -0.05) is 140 Å². The third kappa shape index (κ3) is 30.4. The van der Waals surface area contributed by atoms with E-state index in [1.54, 1.807) is 36.7 Å². The van der Waals surface area contributed by atoms with Gasteiger partial charge in [-0.2, -0.15) is 13.2 Å². The van der Waals surface area contributed by atoms with Crippen molar-refractivity contribution in [3.05, 3.63) is 327 Å². The number of fused-ring (bicyclic) bond motifs is 6. The molecule has 0 aliphatic rings. The minimum absolute atomic E-state index is 0. The van der Waals surface area contributed by atoms with Crippen molar-refractivity contribution < 1.29 is 172 Å². The van der Waals surface area contributed by atoms with E-state index in [1.807, 2.05) is 103 Å². The molecule has 0 saturated carbocycles. The predicted molar refractivity (Wildman–Crippen MR) is 380 cm³/mol. The fraction of sp³-hybridized carbons (Fsp3) is 0.0641. The molecule has 0 saturated heterocycles. The number of carbonyl (C=O) groups is 3. The predicted octanol–water partition coefficient (Wildman–Crippen LogP) is 8.47. The fourth-order valence-electron chi connectivity index (χ4n) is 8.96. The van der Waals surface area contributed by atoms with E-state index in [2.05, 4.69) is 188 Å². The summed E-state index contributed by atoms with van der Waals surface area (Å²) in [5, 5.41) is 46.6.